The van der Waals surface area contributed by atoms with E-state index in [1.807, 2.05) is 6.07 Å². The molecule has 0 atom stereocenters. The molecule has 2 aromatic heterocycles. The zero-order valence-corrected chi connectivity index (χ0v) is 17.9. The van der Waals surface area contributed by atoms with Gasteiger partial charge >= 0.3 is 6.16 Å². The van der Waals surface area contributed by atoms with Gasteiger partial charge in [-0.05, 0) is 43.3 Å². The highest BCUT2D eigenvalue weighted by Gasteiger charge is 2.16. The number of hydrogen-bond acceptors (Lipinski definition) is 4. The minimum absolute atomic E-state index is 0.245. The summed E-state index contributed by atoms with van der Waals surface area (Å²) in [7, 11) is 1.67. The first kappa shape index (κ1) is 20.1. The van der Waals surface area contributed by atoms with Crippen LogP contribution in [0.25, 0.3) is 44.2 Å². The van der Waals surface area contributed by atoms with Crippen LogP contribution in [0.3, 0.4) is 0 Å². The molecule has 0 amide bonds. The summed E-state index contributed by atoms with van der Waals surface area (Å²) >= 11 is 0. The van der Waals surface area contributed by atoms with Gasteiger partial charge in [0.2, 0.25) is 0 Å². The number of imidazole rings is 1. The van der Waals surface area contributed by atoms with Gasteiger partial charge in [-0.2, -0.15) is 0 Å². The summed E-state index contributed by atoms with van der Waals surface area (Å²) in [4.78, 5) is 15.8. The number of carbonyl (C=O) groups is 1. The molecule has 0 spiro atoms. The molecule has 0 bridgehead atoms. The Bertz CT molecular complexity index is 1460. The Balaban J connectivity index is 1.72. The molecule has 7 heteroatoms. The van der Waals surface area contributed by atoms with Crippen LogP contribution in [-0.2, 0) is 17.8 Å². The van der Waals surface area contributed by atoms with Crippen molar-refractivity contribution in [3.8, 4) is 17.1 Å². The first-order chi connectivity index (χ1) is 15.6. The van der Waals surface area contributed by atoms with Crippen molar-refractivity contribution in [3.63, 3.8) is 0 Å². The van der Waals surface area contributed by atoms with Gasteiger partial charge in [-0.25, -0.2) is 9.78 Å². The number of ether oxygens (including phenoxy) is 2. The van der Waals surface area contributed by atoms with E-state index in [0.717, 1.165) is 23.4 Å². The van der Waals surface area contributed by atoms with E-state index in [-0.39, 0.29) is 5.75 Å². The maximum Gasteiger partial charge on any atom is 0.511 e. The summed E-state index contributed by atoms with van der Waals surface area (Å²) in [5, 5.41) is 11.3. The average molecular weight is 429 g/mol. The summed E-state index contributed by atoms with van der Waals surface area (Å²) in [6.45, 7) is 4.20. The number of hydrogen-bond donors (Lipinski definition) is 1. The number of fused-ring (bicyclic) bond motifs is 4. The number of rotatable bonds is 6. The number of aryl methyl sites for hydroxylation is 1. The molecule has 2 heterocycles. The maximum atomic E-state index is 10.9. The van der Waals surface area contributed by atoms with Gasteiger partial charge in [0.15, 0.2) is 0 Å². The zero-order valence-electron chi connectivity index (χ0n) is 17.9. The molecule has 0 aliphatic heterocycles. The first-order valence-electron chi connectivity index (χ1n) is 10.5. The second-order valence-corrected chi connectivity index (χ2v) is 7.59. The lowest BCUT2D eigenvalue weighted by Crippen LogP contribution is -2.06. The SMILES string of the molecule is CCn1c2ccccc2c2cc(-c3nc4cc(OC(=O)O)ccc4n3CCOC)ccc21. The van der Waals surface area contributed by atoms with Crippen LogP contribution in [-0.4, -0.2) is 39.1 Å². The van der Waals surface area contributed by atoms with E-state index < -0.39 is 6.16 Å². The third-order valence-electron chi connectivity index (χ3n) is 5.79. The van der Waals surface area contributed by atoms with E-state index >= 15 is 0 Å². The monoisotopic (exact) mass is 429 g/mol. The topological polar surface area (TPSA) is 78.5 Å². The molecule has 3 aromatic carbocycles. The van der Waals surface area contributed by atoms with Gasteiger partial charge < -0.3 is 23.7 Å². The Morgan fingerprint density at radius 1 is 0.969 bits per heavy atom. The van der Waals surface area contributed by atoms with Crippen LogP contribution in [0.5, 0.6) is 5.75 Å². The van der Waals surface area contributed by atoms with Crippen molar-refractivity contribution in [1.82, 2.24) is 14.1 Å². The molecule has 0 saturated carbocycles. The maximum absolute atomic E-state index is 10.9. The highest BCUT2D eigenvalue weighted by atomic mass is 16.7. The Morgan fingerprint density at radius 3 is 2.53 bits per heavy atom. The fraction of sp³-hybridized carbons (Fsp3) is 0.200. The van der Waals surface area contributed by atoms with E-state index in [1.54, 1.807) is 19.2 Å². The van der Waals surface area contributed by atoms with E-state index in [2.05, 4.69) is 58.5 Å². The van der Waals surface area contributed by atoms with Crippen LogP contribution < -0.4 is 4.74 Å². The highest BCUT2D eigenvalue weighted by molar-refractivity contribution is 6.09. The lowest BCUT2D eigenvalue weighted by atomic mass is 10.1. The number of para-hydroxylation sites is 1. The van der Waals surface area contributed by atoms with E-state index in [1.165, 1.54) is 21.8 Å². The molecule has 32 heavy (non-hydrogen) atoms. The van der Waals surface area contributed by atoms with Crippen molar-refractivity contribution in [3.05, 3.63) is 60.7 Å². The molecule has 1 N–H and O–H groups in total. The third kappa shape index (κ3) is 3.27. The predicted octanol–water partition coefficient (Wildman–Crippen LogP) is 5.53. The number of methoxy groups -OCH3 is 1. The Hall–Kier alpha value is -3.84. The van der Waals surface area contributed by atoms with Gasteiger partial charge in [-0.15, -0.1) is 0 Å². The summed E-state index contributed by atoms with van der Waals surface area (Å²) in [6, 6.07) is 20.0. The summed E-state index contributed by atoms with van der Waals surface area (Å²) < 4.78 is 14.6. The zero-order chi connectivity index (χ0) is 22.2. The van der Waals surface area contributed by atoms with Gasteiger partial charge in [0.25, 0.3) is 0 Å². The van der Waals surface area contributed by atoms with Crippen molar-refractivity contribution in [1.29, 1.82) is 0 Å². The summed E-state index contributed by atoms with van der Waals surface area (Å²) in [5.74, 6) is 1.05. The molecule has 0 radical (unpaired) electrons. The Kier molecular flexibility index (Phi) is 5.03. The highest BCUT2D eigenvalue weighted by Crippen LogP contribution is 2.34. The molecule has 0 saturated heterocycles. The number of aromatic nitrogens is 3. The normalized spacial score (nSPS) is 11.6. The lowest BCUT2D eigenvalue weighted by Gasteiger charge is -2.09. The quantitative estimate of drug-likeness (QED) is 0.283. The van der Waals surface area contributed by atoms with Crippen molar-refractivity contribution in [2.45, 2.75) is 20.0 Å². The summed E-state index contributed by atoms with van der Waals surface area (Å²) in [5.41, 5.74) is 4.96. The van der Waals surface area contributed by atoms with Crippen LogP contribution in [0.2, 0.25) is 0 Å². The summed E-state index contributed by atoms with van der Waals surface area (Å²) in [6.07, 6.45) is -1.35. The molecule has 7 nitrogen and oxygen atoms in total. The number of nitrogens with zero attached hydrogens (tertiary/aromatic N) is 3. The fourth-order valence-corrected chi connectivity index (χ4v) is 4.44. The average Bonchev–Trinajstić information content (AvgIpc) is 3.31. The van der Waals surface area contributed by atoms with Crippen LogP contribution in [0.1, 0.15) is 6.92 Å². The molecule has 0 aliphatic carbocycles. The minimum Gasteiger partial charge on any atom is -0.449 e. The predicted molar refractivity (Wildman–Crippen MR) is 124 cm³/mol. The molecule has 0 unspecified atom stereocenters. The molecule has 162 valence electrons. The van der Waals surface area contributed by atoms with Gasteiger partial charge in [0, 0.05) is 53.6 Å². The largest absolute Gasteiger partial charge is 0.511 e. The Morgan fingerprint density at radius 2 is 1.75 bits per heavy atom. The smallest absolute Gasteiger partial charge is 0.449 e. The van der Waals surface area contributed by atoms with Crippen molar-refractivity contribution in [2.24, 2.45) is 0 Å². The van der Waals surface area contributed by atoms with Crippen LogP contribution in [0, 0.1) is 0 Å². The van der Waals surface area contributed by atoms with Crippen molar-refractivity contribution in [2.75, 3.05) is 13.7 Å². The van der Waals surface area contributed by atoms with Crippen LogP contribution >= 0.6 is 0 Å². The fourth-order valence-electron chi connectivity index (χ4n) is 4.44. The minimum atomic E-state index is -1.35. The number of carboxylic acid groups (broad SMARTS) is 1. The van der Waals surface area contributed by atoms with E-state index in [4.69, 9.17) is 19.6 Å². The molecular formula is C25H23N3O4. The first-order valence-corrected chi connectivity index (χ1v) is 10.5. The van der Waals surface area contributed by atoms with Crippen molar-refractivity contribution < 1.29 is 19.4 Å². The van der Waals surface area contributed by atoms with Gasteiger partial charge in [0.05, 0.1) is 17.6 Å². The van der Waals surface area contributed by atoms with Gasteiger partial charge in [0.1, 0.15) is 11.6 Å². The molecule has 0 aliphatic rings. The molecule has 5 aromatic rings. The third-order valence-corrected chi connectivity index (χ3v) is 5.79. The lowest BCUT2D eigenvalue weighted by molar-refractivity contribution is 0.144. The standard InChI is InChI=1S/C25H23N3O4/c1-3-27-21-7-5-4-6-18(21)19-14-16(8-10-22(19)27)24-26-20-15-17(32-25(29)30)9-11-23(20)28(24)12-13-31-2/h4-11,14-15H,3,12-13H2,1-2H3,(H,29,30). The van der Waals surface area contributed by atoms with E-state index in [9.17, 15) is 4.79 Å². The van der Waals surface area contributed by atoms with Gasteiger partial charge in [-0.1, -0.05) is 18.2 Å². The molecule has 5 rings (SSSR count). The Labute approximate surface area is 184 Å². The van der Waals surface area contributed by atoms with Crippen LogP contribution in [0.15, 0.2) is 60.7 Å². The second kappa shape index (κ2) is 8.01. The molecule has 0 fully saturated rings. The number of benzene rings is 3. The van der Waals surface area contributed by atoms with Crippen molar-refractivity contribution >= 4 is 39.0 Å². The van der Waals surface area contributed by atoms with Crippen LogP contribution in [0.4, 0.5) is 4.79 Å². The second-order valence-electron chi connectivity index (χ2n) is 7.59. The van der Waals surface area contributed by atoms with E-state index in [0.29, 0.717) is 18.7 Å². The van der Waals surface area contributed by atoms with Gasteiger partial charge in [-0.3, -0.25) is 0 Å². The molecular weight excluding hydrogens is 406 g/mol.